The van der Waals surface area contributed by atoms with Gasteiger partial charge in [0.1, 0.15) is 11.4 Å². The van der Waals surface area contributed by atoms with Gasteiger partial charge in [0.25, 0.3) is 0 Å². The third-order valence-corrected chi connectivity index (χ3v) is 5.64. The minimum Gasteiger partial charge on any atom is -0.497 e. The van der Waals surface area contributed by atoms with Crippen LogP contribution in [-0.2, 0) is 12.7 Å². The van der Waals surface area contributed by atoms with Crippen LogP contribution in [0.4, 0.5) is 18.9 Å². The van der Waals surface area contributed by atoms with E-state index < -0.39 is 11.7 Å². The highest BCUT2D eigenvalue weighted by molar-refractivity contribution is 5.75. The van der Waals surface area contributed by atoms with E-state index in [1.807, 2.05) is 59.6 Å². The van der Waals surface area contributed by atoms with E-state index in [2.05, 4.69) is 5.43 Å². The lowest BCUT2D eigenvalue weighted by molar-refractivity contribution is -0.137. The van der Waals surface area contributed by atoms with Crippen molar-refractivity contribution in [2.75, 3.05) is 12.1 Å². The molecule has 0 fully saturated rings. The topological polar surface area (TPSA) is 79.5 Å². The molecule has 6 nitrogen and oxygen atoms in total. The van der Waals surface area contributed by atoms with E-state index in [4.69, 9.17) is 4.74 Å². The molecule has 9 heteroatoms. The Kier molecular flexibility index (Phi) is 5.89. The summed E-state index contributed by atoms with van der Waals surface area (Å²) in [5, 5.41) is 14.2. The van der Waals surface area contributed by atoms with Crippen molar-refractivity contribution in [3.05, 3.63) is 106 Å². The number of methoxy groups -OCH3 is 1. The van der Waals surface area contributed by atoms with Crippen molar-refractivity contribution in [3.8, 4) is 5.75 Å². The second-order valence-electron chi connectivity index (χ2n) is 7.73. The number of rotatable bonds is 4. The lowest BCUT2D eigenvalue weighted by Gasteiger charge is -2.25. The Morgan fingerprint density at radius 1 is 0.971 bits per heavy atom. The number of benzene rings is 3. The normalized spacial score (nSPS) is 14.6. The van der Waals surface area contributed by atoms with Gasteiger partial charge in [-0.1, -0.05) is 42.5 Å². The second kappa shape index (κ2) is 8.68. The predicted octanol–water partition coefficient (Wildman–Crippen LogP) is 3.00. The molecular weight excluding hydrogens is 447 g/mol. The zero-order valence-electron chi connectivity index (χ0n) is 18.1. The molecule has 0 spiro atoms. The molecule has 0 saturated heterocycles. The fourth-order valence-electron chi connectivity index (χ4n) is 4.03. The first-order valence-corrected chi connectivity index (χ1v) is 10.2. The van der Waals surface area contributed by atoms with Crippen LogP contribution in [0, 0.1) is 0 Å². The maximum absolute atomic E-state index is 13.3. The van der Waals surface area contributed by atoms with Crippen LogP contribution < -0.4 is 25.6 Å². The van der Waals surface area contributed by atoms with Crippen molar-refractivity contribution >= 4 is 17.6 Å². The van der Waals surface area contributed by atoms with Crippen molar-refractivity contribution < 1.29 is 28.5 Å². The highest BCUT2D eigenvalue weighted by Gasteiger charge is 2.35. The number of fused-ring (bicyclic) bond motifs is 2. The molecule has 0 atom stereocenters. The number of halogens is 3. The number of nitrogens with zero attached hydrogens (tertiary/aromatic N) is 2. The van der Waals surface area contributed by atoms with Gasteiger partial charge >= 0.3 is 6.18 Å². The fourth-order valence-corrected chi connectivity index (χ4v) is 4.03. The Balaban J connectivity index is 0.00000274. The zero-order chi connectivity index (χ0) is 23.2. The molecule has 2 heterocycles. The van der Waals surface area contributed by atoms with E-state index in [1.54, 1.807) is 7.11 Å². The number of nitrogens with one attached hydrogen (secondary N) is 1. The Labute approximate surface area is 193 Å². The summed E-state index contributed by atoms with van der Waals surface area (Å²) in [4.78, 5) is 1.88. The number of anilines is 1. The van der Waals surface area contributed by atoms with Gasteiger partial charge in [0.05, 0.1) is 24.1 Å². The largest absolute Gasteiger partial charge is 0.497 e. The summed E-state index contributed by atoms with van der Waals surface area (Å²) in [6, 6.07) is 20.1. The molecule has 3 aromatic rings. The molecule has 0 unspecified atom stereocenters. The Morgan fingerprint density at radius 3 is 2.41 bits per heavy atom. The van der Waals surface area contributed by atoms with Crippen LogP contribution in [0.25, 0.3) is 11.9 Å². The van der Waals surface area contributed by atoms with Gasteiger partial charge in [-0.2, -0.15) is 13.2 Å². The fraction of sp³-hybridized carbons (Fsp3) is 0.120. The van der Waals surface area contributed by atoms with Crippen molar-refractivity contribution in [1.29, 1.82) is 0 Å². The minimum atomic E-state index is -4.49. The lowest BCUT2D eigenvalue weighted by Crippen LogP contribution is -2.40. The highest BCUT2D eigenvalue weighted by atomic mass is 19.4. The van der Waals surface area contributed by atoms with Crippen LogP contribution in [-0.4, -0.2) is 22.6 Å². The lowest BCUT2D eigenvalue weighted by atomic mass is 10.1. The number of aliphatic hydroxyl groups excluding tert-OH is 1. The molecule has 2 aliphatic heterocycles. The van der Waals surface area contributed by atoms with E-state index >= 15 is 0 Å². The van der Waals surface area contributed by atoms with Gasteiger partial charge < -0.3 is 20.2 Å². The molecule has 5 rings (SSSR count). The maximum Gasteiger partial charge on any atom is 0.416 e. The number of hydrogen-bond acceptors (Lipinski definition) is 5. The number of hydrazine groups is 1. The molecule has 0 radical (unpaired) electrons. The molecular formula is C25H22F3N3O3. The average molecular weight is 469 g/mol. The first-order chi connectivity index (χ1) is 15.8. The van der Waals surface area contributed by atoms with Crippen molar-refractivity contribution in [1.82, 2.24) is 10.3 Å². The first kappa shape index (κ1) is 23.1. The van der Waals surface area contributed by atoms with E-state index in [-0.39, 0.29) is 17.0 Å². The number of aliphatic hydroxyl groups is 1. The molecule has 2 aliphatic rings. The summed E-state index contributed by atoms with van der Waals surface area (Å²) in [7, 11) is 1.60. The third-order valence-electron chi connectivity index (χ3n) is 5.64. The number of ether oxygens (including phenoxy) is 1. The summed E-state index contributed by atoms with van der Waals surface area (Å²) >= 11 is 0. The molecule has 0 amide bonds. The number of hydrogen-bond donors (Lipinski definition) is 2. The minimum absolute atomic E-state index is 0. The standard InChI is InChI=1S/C25H20F3N3O2.H2O/c1-33-20-11-9-16(10-12-20)14-30-15-17-5-2-3-8-21(17)22-23(30)24(32)31(29-22)19-7-4-6-18(13-19)25(26,27)28;/h2-13,15,29,32H,14H2,1H3;1H2. The van der Waals surface area contributed by atoms with E-state index in [0.29, 0.717) is 17.9 Å². The molecule has 0 saturated carbocycles. The SMILES string of the molecule is COc1ccc(CN2C=c3ccccc3=C3NN(c4cccc(C(F)(F)F)c4)C(O)=C32)cc1.O. The van der Waals surface area contributed by atoms with Gasteiger partial charge in [0.2, 0.25) is 5.88 Å². The summed E-state index contributed by atoms with van der Waals surface area (Å²) in [6.07, 6.45) is -2.56. The molecule has 3 aromatic carbocycles. The van der Waals surface area contributed by atoms with Crippen LogP contribution >= 0.6 is 0 Å². The van der Waals surface area contributed by atoms with Gasteiger partial charge in [0.15, 0.2) is 0 Å². The van der Waals surface area contributed by atoms with Crippen LogP contribution in [0.2, 0.25) is 0 Å². The van der Waals surface area contributed by atoms with Crippen LogP contribution in [0.3, 0.4) is 0 Å². The summed E-state index contributed by atoms with van der Waals surface area (Å²) in [5.41, 5.74) is 4.58. The highest BCUT2D eigenvalue weighted by Crippen LogP contribution is 2.35. The second-order valence-corrected chi connectivity index (χ2v) is 7.73. The van der Waals surface area contributed by atoms with Gasteiger partial charge in [-0.25, -0.2) is 5.01 Å². The van der Waals surface area contributed by atoms with Crippen molar-refractivity contribution in [2.24, 2.45) is 0 Å². The maximum atomic E-state index is 13.3. The van der Waals surface area contributed by atoms with Gasteiger partial charge in [-0.15, -0.1) is 0 Å². The molecule has 0 bridgehead atoms. The molecule has 4 N–H and O–H groups in total. The molecule has 0 aromatic heterocycles. The van der Waals surface area contributed by atoms with Crippen LogP contribution in [0.5, 0.6) is 5.75 Å². The van der Waals surface area contributed by atoms with Crippen LogP contribution in [0.15, 0.2) is 84.4 Å². The van der Waals surface area contributed by atoms with Crippen LogP contribution in [0.1, 0.15) is 11.1 Å². The zero-order valence-corrected chi connectivity index (χ0v) is 18.1. The molecule has 176 valence electrons. The van der Waals surface area contributed by atoms with Gasteiger partial charge in [-0.05, 0) is 35.9 Å². The average Bonchev–Trinajstić information content (AvgIpc) is 3.17. The Morgan fingerprint density at radius 2 is 1.71 bits per heavy atom. The quantitative estimate of drug-likeness (QED) is 0.614. The van der Waals surface area contributed by atoms with Crippen molar-refractivity contribution in [3.63, 3.8) is 0 Å². The monoisotopic (exact) mass is 469 g/mol. The van der Waals surface area contributed by atoms with Crippen molar-refractivity contribution in [2.45, 2.75) is 12.7 Å². The predicted molar refractivity (Wildman–Crippen MR) is 122 cm³/mol. The summed E-state index contributed by atoms with van der Waals surface area (Å²) in [5.74, 6) is 0.558. The van der Waals surface area contributed by atoms with Gasteiger partial charge in [0, 0.05) is 23.2 Å². The Hall–Kier alpha value is -4.11. The van der Waals surface area contributed by atoms with Gasteiger partial charge in [-0.3, -0.25) is 5.43 Å². The third kappa shape index (κ3) is 4.01. The van der Waals surface area contributed by atoms with E-state index in [9.17, 15) is 18.3 Å². The molecule has 34 heavy (non-hydrogen) atoms. The first-order valence-electron chi connectivity index (χ1n) is 10.2. The smallest absolute Gasteiger partial charge is 0.416 e. The summed E-state index contributed by atoms with van der Waals surface area (Å²) < 4.78 is 45.0. The molecule has 0 aliphatic carbocycles. The van der Waals surface area contributed by atoms with E-state index in [1.165, 1.54) is 17.1 Å². The Bertz CT molecular complexity index is 1370. The summed E-state index contributed by atoms with van der Waals surface area (Å²) in [6.45, 7) is 0.444. The number of alkyl halides is 3. The van der Waals surface area contributed by atoms with E-state index in [0.717, 1.165) is 33.9 Å².